The number of benzene rings is 3. The number of hydrogen-bond donors (Lipinski definition) is 2. The number of aromatic amines is 1. The third-order valence-corrected chi connectivity index (χ3v) is 4.37. The highest BCUT2D eigenvalue weighted by molar-refractivity contribution is 6.04. The smallest absolute Gasteiger partial charge is 0.255 e. The van der Waals surface area contributed by atoms with Crippen molar-refractivity contribution >= 4 is 22.6 Å². The number of nitrogens with one attached hydrogen (secondary N) is 2. The Morgan fingerprint density at radius 2 is 1.86 bits per heavy atom. The van der Waals surface area contributed by atoms with Crippen molar-refractivity contribution in [2.45, 2.75) is 13.3 Å². The number of ether oxygens (including phenoxy) is 1. The Balaban J connectivity index is 1.47. The fraction of sp³-hybridized carbons (Fsp3) is 0.130. The molecule has 0 radical (unpaired) electrons. The van der Waals surface area contributed by atoms with Crippen LogP contribution in [0.5, 0.6) is 5.75 Å². The molecule has 0 aliphatic carbocycles. The van der Waals surface area contributed by atoms with Gasteiger partial charge in [0.15, 0.2) is 0 Å². The molecule has 0 saturated carbocycles. The molecule has 0 aliphatic heterocycles. The highest BCUT2D eigenvalue weighted by atomic mass is 16.5. The van der Waals surface area contributed by atoms with Gasteiger partial charge in [0.05, 0.1) is 17.6 Å². The number of aromatic nitrogens is 2. The zero-order chi connectivity index (χ0) is 19.3. The molecule has 2 N–H and O–H groups in total. The van der Waals surface area contributed by atoms with E-state index in [1.807, 2.05) is 67.6 Å². The van der Waals surface area contributed by atoms with E-state index in [2.05, 4.69) is 15.3 Å². The van der Waals surface area contributed by atoms with E-state index in [1.54, 1.807) is 12.1 Å². The average Bonchev–Trinajstić information content (AvgIpc) is 3.17. The highest BCUT2D eigenvalue weighted by Gasteiger charge is 2.09. The van der Waals surface area contributed by atoms with Crippen molar-refractivity contribution in [3.05, 3.63) is 78.4 Å². The van der Waals surface area contributed by atoms with Gasteiger partial charge in [0.25, 0.3) is 5.91 Å². The van der Waals surface area contributed by atoms with Crippen LogP contribution >= 0.6 is 0 Å². The number of rotatable bonds is 6. The molecule has 5 nitrogen and oxygen atoms in total. The molecule has 3 aromatic carbocycles. The Hall–Kier alpha value is -3.60. The number of hydrogen-bond acceptors (Lipinski definition) is 3. The van der Waals surface area contributed by atoms with Gasteiger partial charge in [-0.25, -0.2) is 4.98 Å². The molecule has 0 spiro atoms. The summed E-state index contributed by atoms with van der Waals surface area (Å²) in [4.78, 5) is 20.4. The summed E-state index contributed by atoms with van der Waals surface area (Å²) >= 11 is 0. The second kappa shape index (κ2) is 7.96. The van der Waals surface area contributed by atoms with Crippen LogP contribution in [0.3, 0.4) is 0 Å². The van der Waals surface area contributed by atoms with Crippen molar-refractivity contribution in [2.24, 2.45) is 0 Å². The fourth-order valence-corrected chi connectivity index (χ4v) is 2.95. The zero-order valence-corrected chi connectivity index (χ0v) is 15.6. The lowest BCUT2D eigenvalue weighted by atomic mass is 10.1. The molecule has 0 bridgehead atoms. The molecule has 28 heavy (non-hydrogen) atoms. The van der Waals surface area contributed by atoms with Crippen molar-refractivity contribution in [3.63, 3.8) is 0 Å². The molecule has 5 heteroatoms. The Morgan fingerprint density at radius 1 is 1.04 bits per heavy atom. The van der Waals surface area contributed by atoms with Crippen molar-refractivity contribution in [1.29, 1.82) is 0 Å². The fourth-order valence-electron chi connectivity index (χ4n) is 2.95. The maximum Gasteiger partial charge on any atom is 0.255 e. The molecule has 140 valence electrons. The minimum Gasteiger partial charge on any atom is -0.494 e. The van der Waals surface area contributed by atoms with Crippen molar-refractivity contribution in [1.82, 2.24) is 9.97 Å². The number of anilines is 1. The quantitative estimate of drug-likeness (QED) is 0.485. The SMILES string of the molecule is CCCOc1cccc(C(=O)Nc2ccc(-c3nc4ccccc4[nH]3)cc2)c1. The summed E-state index contributed by atoms with van der Waals surface area (Å²) < 4.78 is 5.60. The third kappa shape index (κ3) is 3.88. The van der Waals surface area contributed by atoms with Crippen LogP contribution in [0.2, 0.25) is 0 Å². The molecule has 1 aromatic heterocycles. The number of H-pyrrole nitrogens is 1. The van der Waals surface area contributed by atoms with Gasteiger partial charge in [-0.2, -0.15) is 0 Å². The molecular weight excluding hydrogens is 350 g/mol. The van der Waals surface area contributed by atoms with E-state index in [0.717, 1.165) is 34.5 Å². The molecule has 1 heterocycles. The Morgan fingerprint density at radius 3 is 2.64 bits per heavy atom. The number of fused-ring (bicyclic) bond motifs is 1. The lowest BCUT2D eigenvalue weighted by Gasteiger charge is -2.08. The van der Waals surface area contributed by atoms with Gasteiger partial charge in [-0.15, -0.1) is 0 Å². The first kappa shape index (κ1) is 17.8. The van der Waals surface area contributed by atoms with Crippen LogP contribution in [0.15, 0.2) is 72.8 Å². The van der Waals surface area contributed by atoms with Gasteiger partial charge in [0, 0.05) is 16.8 Å². The van der Waals surface area contributed by atoms with E-state index in [0.29, 0.717) is 17.9 Å². The van der Waals surface area contributed by atoms with Gasteiger partial charge >= 0.3 is 0 Å². The van der Waals surface area contributed by atoms with E-state index < -0.39 is 0 Å². The van der Waals surface area contributed by atoms with Crippen molar-refractivity contribution in [2.75, 3.05) is 11.9 Å². The predicted molar refractivity (Wildman–Crippen MR) is 112 cm³/mol. The Kier molecular flexibility index (Phi) is 5.06. The Labute approximate surface area is 163 Å². The summed E-state index contributed by atoms with van der Waals surface area (Å²) in [5.74, 6) is 1.34. The number of para-hydroxylation sites is 2. The van der Waals surface area contributed by atoms with Gasteiger partial charge in [-0.3, -0.25) is 4.79 Å². The van der Waals surface area contributed by atoms with E-state index in [4.69, 9.17) is 4.74 Å². The first-order valence-corrected chi connectivity index (χ1v) is 9.32. The third-order valence-electron chi connectivity index (χ3n) is 4.37. The minimum atomic E-state index is -0.168. The van der Waals surface area contributed by atoms with Crippen LogP contribution in [0, 0.1) is 0 Å². The van der Waals surface area contributed by atoms with E-state index >= 15 is 0 Å². The van der Waals surface area contributed by atoms with Gasteiger partial charge in [-0.1, -0.05) is 25.1 Å². The summed E-state index contributed by atoms with van der Waals surface area (Å²) in [5.41, 5.74) is 4.18. The van der Waals surface area contributed by atoms with E-state index in [1.165, 1.54) is 0 Å². The minimum absolute atomic E-state index is 0.168. The lowest BCUT2D eigenvalue weighted by Crippen LogP contribution is -2.12. The van der Waals surface area contributed by atoms with Crippen LogP contribution in [-0.4, -0.2) is 22.5 Å². The summed E-state index contributed by atoms with van der Waals surface area (Å²) in [7, 11) is 0. The second-order valence-electron chi connectivity index (χ2n) is 6.51. The van der Waals surface area contributed by atoms with Crippen LogP contribution < -0.4 is 10.1 Å². The molecule has 1 amide bonds. The van der Waals surface area contributed by atoms with Gasteiger partial charge < -0.3 is 15.0 Å². The van der Waals surface area contributed by atoms with Crippen LogP contribution in [0.4, 0.5) is 5.69 Å². The van der Waals surface area contributed by atoms with Gasteiger partial charge in [-0.05, 0) is 61.0 Å². The number of carbonyl (C=O) groups excluding carboxylic acids is 1. The maximum absolute atomic E-state index is 12.5. The number of carbonyl (C=O) groups is 1. The Bertz CT molecular complexity index is 1070. The first-order chi connectivity index (χ1) is 13.7. The van der Waals surface area contributed by atoms with Crippen LogP contribution in [-0.2, 0) is 0 Å². The monoisotopic (exact) mass is 371 g/mol. The molecule has 0 saturated heterocycles. The summed E-state index contributed by atoms with van der Waals surface area (Å²) in [5, 5.41) is 2.92. The second-order valence-corrected chi connectivity index (χ2v) is 6.51. The average molecular weight is 371 g/mol. The van der Waals surface area contributed by atoms with Gasteiger partial charge in [0.2, 0.25) is 0 Å². The summed E-state index contributed by atoms with van der Waals surface area (Å²) in [6, 6.07) is 22.8. The molecule has 4 rings (SSSR count). The summed E-state index contributed by atoms with van der Waals surface area (Å²) in [6.45, 7) is 2.68. The standard InChI is InChI=1S/C23H21N3O2/c1-2-14-28-19-7-5-6-17(15-19)23(27)24-18-12-10-16(11-13-18)22-25-20-8-3-4-9-21(20)26-22/h3-13,15H,2,14H2,1H3,(H,24,27)(H,25,26). The topological polar surface area (TPSA) is 67.0 Å². The number of nitrogens with zero attached hydrogens (tertiary/aromatic N) is 1. The molecule has 4 aromatic rings. The normalized spacial score (nSPS) is 10.8. The van der Waals surface area contributed by atoms with Crippen LogP contribution in [0.1, 0.15) is 23.7 Å². The molecule has 0 fully saturated rings. The van der Waals surface area contributed by atoms with Crippen molar-refractivity contribution in [3.8, 4) is 17.1 Å². The number of imidazole rings is 1. The molecule has 0 atom stereocenters. The van der Waals surface area contributed by atoms with E-state index in [9.17, 15) is 4.79 Å². The zero-order valence-electron chi connectivity index (χ0n) is 15.6. The van der Waals surface area contributed by atoms with Gasteiger partial charge in [0.1, 0.15) is 11.6 Å². The highest BCUT2D eigenvalue weighted by Crippen LogP contribution is 2.22. The van der Waals surface area contributed by atoms with Crippen LogP contribution in [0.25, 0.3) is 22.4 Å². The summed E-state index contributed by atoms with van der Waals surface area (Å²) in [6.07, 6.45) is 0.925. The largest absolute Gasteiger partial charge is 0.494 e. The van der Waals surface area contributed by atoms with E-state index in [-0.39, 0.29) is 5.91 Å². The first-order valence-electron chi connectivity index (χ1n) is 9.32. The van der Waals surface area contributed by atoms with Crippen molar-refractivity contribution < 1.29 is 9.53 Å². The lowest BCUT2D eigenvalue weighted by molar-refractivity contribution is 0.102. The predicted octanol–water partition coefficient (Wildman–Crippen LogP) is 5.27. The maximum atomic E-state index is 12.5. The number of amides is 1. The molecule has 0 aliphatic rings. The molecular formula is C23H21N3O2. The molecule has 0 unspecified atom stereocenters.